The third-order valence-electron chi connectivity index (χ3n) is 8.38. The Labute approximate surface area is 218 Å². The zero-order valence-electron chi connectivity index (χ0n) is 21.3. The average Bonchev–Trinajstić information content (AvgIpc) is 3.41. The molecule has 2 fully saturated rings. The lowest BCUT2D eigenvalue weighted by atomic mass is 9.58. The minimum Gasteiger partial charge on any atom is -0.392 e. The number of carbonyl (C=O) groups is 1. The van der Waals surface area contributed by atoms with Crippen LogP contribution in [0.3, 0.4) is 0 Å². The van der Waals surface area contributed by atoms with Crippen LogP contribution in [0.4, 0.5) is 24.5 Å². The number of aliphatic hydroxyl groups excluding tert-OH is 1. The molecule has 38 heavy (non-hydrogen) atoms. The Hall–Kier alpha value is -3.40. The maximum atomic E-state index is 13.9. The van der Waals surface area contributed by atoms with Crippen molar-refractivity contribution in [2.75, 3.05) is 10.2 Å². The molecule has 7 nitrogen and oxygen atoms in total. The van der Waals surface area contributed by atoms with Gasteiger partial charge in [-0.25, -0.2) is 0 Å². The van der Waals surface area contributed by atoms with Crippen LogP contribution in [0.5, 0.6) is 0 Å². The average molecular weight is 526 g/mol. The number of halogens is 3. The fourth-order valence-electron chi connectivity index (χ4n) is 6.33. The first-order chi connectivity index (χ1) is 18.1. The number of nitrogens with zero attached hydrogens (tertiary/aromatic N) is 4. The molecule has 0 radical (unpaired) electrons. The van der Waals surface area contributed by atoms with E-state index in [1.165, 1.54) is 11.0 Å². The van der Waals surface area contributed by atoms with Crippen molar-refractivity contribution in [2.24, 2.45) is 13.0 Å². The summed E-state index contributed by atoms with van der Waals surface area (Å²) in [7, 11) is 1.91. The molecule has 1 aliphatic heterocycles. The number of aromatic nitrogens is 3. The van der Waals surface area contributed by atoms with Crippen LogP contribution >= 0.6 is 0 Å². The van der Waals surface area contributed by atoms with Crippen molar-refractivity contribution in [3.05, 3.63) is 70.3 Å². The van der Waals surface area contributed by atoms with E-state index in [4.69, 9.17) is 0 Å². The monoisotopic (exact) mass is 525 g/mol. The van der Waals surface area contributed by atoms with E-state index in [1.54, 1.807) is 6.33 Å². The zero-order chi connectivity index (χ0) is 26.8. The van der Waals surface area contributed by atoms with Crippen molar-refractivity contribution in [1.29, 1.82) is 0 Å². The number of nitrogens with one attached hydrogen (secondary N) is 1. The highest BCUT2D eigenvalue weighted by Crippen LogP contribution is 2.53. The lowest BCUT2D eigenvalue weighted by Crippen LogP contribution is -2.43. The van der Waals surface area contributed by atoms with Crippen molar-refractivity contribution in [2.45, 2.75) is 69.8 Å². The quantitative estimate of drug-likeness (QED) is 0.464. The largest absolute Gasteiger partial charge is 0.416 e. The molecule has 1 aromatic heterocycles. The normalized spacial score (nSPS) is 23.3. The van der Waals surface area contributed by atoms with Crippen molar-refractivity contribution < 1.29 is 23.1 Å². The van der Waals surface area contributed by atoms with E-state index in [1.807, 2.05) is 23.7 Å². The Kier molecular flexibility index (Phi) is 5.79. The van der Waals surface area contributed by atoms with Gasteiger partial charge in [0.25, 0.3) is 5.91 Å². The molecule has 2 N–H and O–H groups in total. The number of aliphatic hydroxyl groups is 1. The van der Waals surface area contributed by atoms with Crippen LogP contribution < -0.4 is 10.2 Å². The summed E-state index contributed by atoms with van der Waals surface area (Å²) in [5.74, 6) is 0.815. The molecule has 2 saturated carbocycles. The number of anilines is 2. The second-order valence-electron chi connectivity index (χ2n) is 11.1. The van der Waals surface area contributed by atoms with E-state index in [0.717, 1.165) is 55.2 Å². The molecule has 0 atom stereocenters. The molecule has 200 valence electrons. The first-order valence-electron chi connectivity index (χ1n) is 13.0. The second-order valence-corrected chi connectivity index (χ2v) is 11.1. The Balaban J connectivity index is 1.46. The number of carbonyl (C=O) groups excluding carboxylic acids is 1. The molecule has 3 aliphatic rings. The van der Waals surface area contributed by atoms with E-state index in [9.17, 15) is 23.1 Å². The summed E-state index contributed by atoms with van der Waals surface area (Å²) < 4.78 is 43.7. The summed E-state index contributed by atoms with van der Waals surface area (Å²) in [5.41, 5.74) is 1.10. The summed E-state index contributed by atoms with van der Waals surface area (Å²) in [6, 6.07) is 8.53. The van der Waals surface area contributed by atoms with Gasteiger partial charge in [0.05, 0.1) is 24.1 Å². The molecule has 0 saturated heterocycles. The Bertz CT molecular complexity index is 1410. The van der Waals surface area contributed by atoms with Gasteiger partial charge < -0.3 is 19.9 Å². The number of rotatable bonds is 6. The first kappa shape index (κ1) is 24.9. The fourth-order valence-corrected chi connectivity index (χ4v) is 6.33. The highest BCUT2D eigenvalue weighted by Gasteiger charge is 2.49. The predicted octanol–water partition coefficient (Wildman–Crippen LogP) is 5.17. The number of fused-ring (bicyclic) bond motifs is 1. The highest BCUT2D eigenvalue weighted by atomic mass is 19.4. The van der Waals surface area contributed by atoms with Crippen molar-refractivity contribution in [1.82, 2.24) is 14.8 Å². The molecule has 2 aromatic carbocycles. The molecule has 10 heteroatoms. The lowest BCUT2D eigenvalue weighted by Gasteiger charge is -2.46. The van der Waals surface area contributed by atoms with Crippen LogP contribution in [-0.2, 0) is 31.8 Å². The summed E-state index contributed by atoms with van der Waals surface area (Å²) >= 11 is 0. The topological polar surface area (TPSA) is 83.3 Å². The maximum Gasteiger partial charge on any atom is 0.416 e. The van der Waals surface area contributed by atoms with Crippen LogP contribution in [0.1, 0.15) is 77.5 Å². The second kappa shape index (κ2) is 8.83. The van der Waals surface area contributed by atoms with E-state index >= 15 is 0 Å². The lowest BCUT2D eigenvalue weighted by molar-refractivity contribution is -0.138. The van der Waals surface area contributed by atoms with Crippen LogP contribution in [0, 0.1) is 5.92 Å². The van der Waals surface area contributed by atoms with E-state index < -0.39 is 29.7 Å². The summed E-state index contributed by atoms with van der Waals surface area (Å²) in [5, 5.41) is 21.7. The van der Waals surface area contributed by atoms with Crippen LogP contribution in [-0.4, -0.2) is 31.8 Å². The summed E-state index contributed by atoms with van der Waals surface area (Å²) in [6.45, 7) is 1.42. The summed E-state index contributed by atoms with van der Waals surface area (Å²) in [4.78, 5) is 15.0. The van der Waals surface area contributed by atoms with Crippen LogP contribution in [0.2, 0.25) is 0 Å². The number of hydrogen-bond acceptors (Lipinski definition) is 5. The molecule has 0 spiro atoms. The number of hydrogen-bond donors (Lipinski definition) is 2. The van der Waals surface area contributed by atoms with Gasteiger partial charge in [-0.3, -0.25) is 4.79 Å². The third-order valence-corrected chi connectivity index (χ3v) is 8.38. The number of benzene rings is 2. The Morgan fingerprint density at radius 1 is 1.16 bits per heavy atom. The minimum absolute atomic E-state index is 0.0111. The Morgan fingerprint density at radius 2 is 1.92 bits per heavy atom. The molecular weight excluding hydrogens is 495 g/mol. The molecule has 2 heterocycles. The van der Waals surface area contributed by atoms with Gasteiger partial charge in [-0.15, -0.1) is 10.2 Å². The maximum absolute atomic E-state index is 13.9. The van der Waals surface area contributed by atoms with Gasteiger partial charge in [-0.05, 0) is 85.0 Å². The van der Waals surface area contributed by atoms with Crippen molar-refractivity contribution in [3.8, 4) is 0 Å². The van der Waals surface area contributed by atoms with Crippen LogP contribution in [0.25, 0.3) is 0 Å². The number of alkyl halides is 3. The first-order valence-corrected chi connectivity index (χ1v) is 13.0. The predicted molar refractivity (Wildman–Crippen MR) is 136 cm³/mol. The smallest absolute Gasteiger partial charge is 0.392 e. The molecule has 2 aliphatic carbocycles. The van der Waals surface area contributed by atoms with Gasteiger partial charge >= 0.3 is 6.18 Å². The van der Waals surface area contributed by atoms with Gasteiger partial charge in [0.2, 0.25) is 0 Å². The summed E-state index contributed by atoms with van der Waals surface area (Å²) in [6.07, 6.45) is 2.02. The van der Waals surface area contributed by atoms with Gasteiger partial charge in [0.1, 0.15) is 12.2 Å². The SMILES string of the molecule is CC1CC(c2cc(NC3CCC3)cc(N3Cc4c(cc(CO)cc4C(F)(F)F)C3=O)c2)(c2nncn2C)C1. The Morgan fingerprint density at radius 3 is 2.50 bits per heavy atom. The van der Waals surface area contributed by atoms with Crippen molar-refractivity contribution in [3.63, 3.8) is 0 Å². The van der Waals surface area contributed by atoms with Gasteiger partial charge in [-0.1, -0.05) is 6.92 Å². The van der Waals surface area contributed by atoms with E-state index in [2.05, 4.69) is 28.5 Å². The van der Waals surface area contributed by atoms with Gasteiger partial charge in [0.15, 0.2) is 0 Å². The molecule has 0 bridgehead atoms. The molecular formula is C28H30F3N5O2. The van der Waals surface area contributed by atoms with E-state index in [0.29, 0.717) is 17.6 Å². The standard InChI is InChI=1S/C28H30F3N5O2/c1-16-11-27(12-16,26-34-32-15-35(26)2)18-8-20(33-19-4-3-5-19)10-21(9-18)36-13-23-22(25(36)38)6-17(14-37)7-24(23)28(29,30)31/h6-10,15-16,19,33,37H,3-5,11-14H2,1-2H3. The third kappa shape index (κ3) is 3.97. The van der Waals surface area contributed by atoms with Gasteiger partial charge in [0, 0.05) is 30.0 Å². The van der Waals surface area contributed by atoms with Gasteiger partial charge in [-0.2, -0.15) is 13.2 Å². The molecule has 6 rings (SSSR count). The highest BCUT2D eigenvalue weighted by molar-refractivity contribution is 6.10. The van der Waals surface area contributed by atoms with Crippen LogP contribution in [0.15, 0.2) is 36.7 Å². The van der Waals surface area contributed by atoms with Crippen molar-refractivity contribution >= 4 is 17.3 Å². The molecule has 0 unspecified atom stereocenters. The zero-order valence-corrected chi connectivity index (χ0v) is 21.3. The molecule has 1 amide bonds. The fraction of sp³-hybridized carbons (Fsp3) is 0.464. The number of aryl methyl sites for hydroxylation is 1. The number of amides is 1. The minimum atomic E-state index is -4.64. The van der Waals surface area contributed by atoms with E-state index in [-0.39, 0.29) is 23.2 Å². The molecule has 3 aromatic rings.